The van der Waals surface area contributed by atoms with Crippen molar-refractivity contribution < 1.29 is 19.1 Å². The minimum atomic E-state index is -0.989. The Morgan fingerprint density at radius 2 is 2.08 bits per heavy atom. The van der Waals surface area contributed by atoms with Crippen LogP contribution in [0.25, 0.3) is 5.69 Å². The number of aromatic nitrogens is 2. The average Bonchev–Trinajstić information content (AvgIpc) is 3.30. The zero-order valence-electron chi connectivity index (χ0n) is 14.5. The highest BCUT2D eigenvalue weighted by atomic mass is 19.1. The number of carbonyl (C=O) groups is 2. The van der Waals surface area contributed by atoms with Crippen molar-refractivity contribution in [2.24, 2.45) is 0 Å². The largest absolute Gasteiger partial charge is 0.480 e. The van der Waals surface area contributed by atoms with Gasteiger partial charge in [-0.05, 0) is 56.7 Å². The van der Waals surface area contributed by atoms with Crippen molar-refractivity contribution in [2.45, 2.75) is 45.1 Å². The number of hydrogen-bond acceptors (Lipinski definition) is 3. The number of carbonyl (C=O) groups excluding carboxylic acids is 1. The van der Waals surface area contributed by atoms with Crippen LogP contribution in [0.3, 0.4) is 0 Å². The number of fused-ring (bicyclic) bond motifs is 1. The normalized spacial score (nSPS) is 19.0. The number of amides is 1. The number of carboxylic acid groups (broad SMARTS) is 1. The third-order valence-corrected chi connectivity index (χ3v) is 5.26. The molecule has 0 spiro atoms. The minimum Gasteiger partial charge on any atom is -0.480 e. The fraction of sp³-hybridized carbons (Fsp3) is 0.421. The molecule has 1 N–H and O–H groups in total. The molecule has 136 valence electrons. The summed E-state index contributed by atoms with van der Waals surface area (Å²) in [6.45, 7) is 2.23. The summed E-state index contributed by atoms with van der Waals surface area (Å²) < 4.78 is 16.0. The predicted octanol–water partition coefficient (Wildman–Crippen LogP) is 2.50. The van der Waals surface area contributed by atoms with Crippen molar-refractivity contribution in [1.82, 2.24) is 14.7 Å². The Kier molecular flexibility index (Phi) is 4.01. The third kappa shape index (κ3) is 2.58. The molecular formula is C19H20FN3O3. The Morgan fingerprint density at radius 1 is 1.27 bits per heavy atom. The Labute approximate surface area is 150 Å². The van der Waals surface area contributed by atoms with E-state index in [-0.39, 0.29) is 17.4 Å². The molecule has 1 aromatic heterocycles. The molecule has 1 fully saturated rings. The molecule has 2 aliphatic rings. The molecule has 1 amide bonds. The number of carboxylic acids is 1. The van der Waals surface area contributed by atoms with Gasteiger partial charge < -0.3 is 10.0 Å². The first kappa shape index (κ1) is 16.8. The molecule has 1 aromatic carbocycles. The molecule has 0 radical (unpaired) electrons. The number of rotatable bonds is 3. The Morgan fingerprint density at radius 3 is 2.81 bits per heavy atom. The molecular weight excluding hydrogens is 337 g/mol. The molecule has 1 aliphatic heterocycles. The molecule has 0 bridgehead atoms. The SMILES string of the molecule is Cc1ccc(-n2nc(C(=O)N3CCC[C@H]3C(=O)O)c3c2CCC3)c(F)c1. The fourth-order valence-corrected chi connectivity index (χ4v) is 3.99. The van der Waals surface area contributed by atoms with E-state index >= 15 is 0 Å². The summed E-state index contributed by atoms with van der Waals surface area (Å²) in [5, 5.41) is 13.8. The van der Waals surface area contributed by atoms with Crippen molar-refractivity contribution in [1.29, 1.82) is 0 Å². The zero-order chi connectivity index (χ0) is 18.4. The first-order valence-corrected chi connectivity index (χ1v) is 8.88. The first-order valence-electron chi connectivity index (χ1n) is 8.88. The molecule has 1 saturated heterocycles. The maximum atomic E-state index is 14.4. The van der Waals surface area contributed by atoms with Gasteiger partial charge in [0.1, 0.15) is 17.5 Å². The van der Waals surface area contributed by atoms with E-state index in [9.17, 15) is 19.1 Å². The van der Waals surface area contributed by atoms with Crippen molar-refractivity contribution in [3.8, 4) is 5.69 Å². The van der Waals surface area contributed by atoms with Crippen LogP contribution in [0.2, 0.25) is 0 Å². The number of aryl methyl sites for hydroxylation is 1. The number of aliphatic carboxylic acids is 1. The molecule has 26 heavy (non-hydrogen) atoms. The van der Waals surface area contributed by atoms with Gasteiger partial charge >= 0.3 is 5.97 Å². The van der Waals surface area contributed by atoms with Crippen molar-refractivity contribution in [2.75, 3.05) is 6.54 Å². The lowest BCUT2D eigenvalue weighted by Crippen LogP contribution is -2.40. The highest BCUT2D eigenvalue weighted by Gasteiger charge is 2.38. The van der Waals surface area contributed by atoms with Gasteiger partial charge in [-0.25, -0.2) is 13.9 Å². The molecule has 2 aromatic rings. The van der Waals surface area contributed by atoms with Crippen LogP contribution in [0.1, 0.15) is 46.6 Å². The van der Waals surface area contributed by atoms with Gasteiger partial charge in [-0.3, -0.25) is 4.79 Å². The summed E-state index contributed by atoms with van der Waals surface area (Å²) >= 11 is 0. The van der Waals surface area contributed by atoms with Gasteiger partial charge in [0.2, 0.25) is 0 Å². The first-order chi connectivity index (χ1) is 12.5. The van der Waals surface area contributed by atoms with Gasteiger partial charge in [-0.2, -0.15) is 5.10 Å². The van der Waals surface area contributed by atoms with E-state index in [0.717, 1.165) is 29.7 Å². The standard InChI is InChI=1S/C19H20FN3O3/c1-11-7-8-15(13(20)10-11)23-14-5-2-4-12(14)17(21-23)18(24)22-9-3-6-16(22)19(25)26/h7-8,10,16H,2-6,9H2,1H3,(H,25,26)/t16-/m0/s1. The lowest BCUT2D eigenvalue weighted by Gasteiger charge is -2.20. The van der Waals surface area contributed by atoms with Gasteiger partial charge in [0.15, 0.2) is 5.69 Å². The topological polar surface area (TPSA) is 75.4 Å². The average molecular weight is 357 g/mol. The summed E-state index contributed by atoms with van der Waals surface area (Å²) in [7, 11) is 0. The zero-order valence-corrected chi connectivity index (χ0v) is 14.5. The third-order valence-electron chi connectivity index (χ3n) is 5.26. The molecule has 0 unspecified atom stereocenters. The van der Waals surface area contributed by atoms with Crippen LogP contribution in [-0.4, -0.2) is 44.3 Å². The van der Waals surface area contributed by atoms with E-state index in [1.807, 2.05) is 13.0 Å². The summed E-state index contributed by atoms with van der Waals surface area (Å²) in [5.41, 5.74) is 3.08. The Hall–Kier alpha value is -2.70. The van der Waals surface area contributed by atoms with Crippen molar-refractivity contribution >= 4 is 11.9 Å². The number of nitrogens with zero attached hydrogens (tertiary/aromatic N) is 3. The van der Waals surface area contributed by atoms with Crippen LogP contribution in [0, 0.1) is 12.7 Å². The summed E-state index contributed by atoms with van der Waals surface area (Å²) in [5.74, 6) is -1.73. The number of benzene rings is 1. The number of likely N-dealkylation sites (tertiary alicyclic amines) is 1. The molecule has 6 nitrogen and oxygen atoms in total. The van der Waals surface area contributed by atoms with Gasteiger partial charge in [0, 0.05) is 17.8 Å². The lowest BCUT2D eigenvalue weighted by molar-refractivity contribution is -0.141. The van der Waals surface area contributed by atoms with E-state index in [0.29, 0.717) is 31.5 Å². The van der Waals surface area contributed by atoms with Gasteiger partial charge in [-0.1, -0.05) is 6.07 Å². The number of hydrogen-bond donors (Lipinski definition) is 1. The van der Waals surface area contributed by atoms with Crippen LogP contribution >= 0.6 is 0 Å². The molecule has 0 saturated carbocycles. The van der Waals surface area contributed by atoms with E-state index in [2.05, 4.69) is 5.10 Å². The Bertz CT molecular complexity index is 906. The quantitative estimate of drug-likeness (QED) is 0.916. The highest BCUT2D eigenvalue weighted by molar-refractivity contribution is 5.97. The maximum Gasteiger partial charge on any atom is 0.326 e. The van der Waals surface area contributed by atoms with E-state index in [1.54, 1.807) is 6.07 Å². The highest BCUT2D eigenvalue weighted by Crippen LogP contribution is 2.31. The van der Waals surface area contributed by atoms with Gasteiger partial charge in [0.05, 0.1) is 0 Å². The smallest absolute Gasteiger partial charge is 0.326 e. The second-order valence-corrected chi connectivity index (χ2v) is 6.99. The lowest BCUT2D eigenvalue weighted by atomic mass is 10.1. The predicted molar refractivity (Wildman–Crippen MR) is 92.0 cm³/mol. The van der Waals surface area contributed by atoms with Gasteiger partial charge in [0.25, 0.3) is 5.91 Å². The molecule has 2 heterocycles. The minimum absolute atomic E-state index is 0.269. The van der Waals surface area contributed by atoms with E-state index in [4.69, 9.17) is 0 Å². The van der Waals surface area contributed by atoms with E-state index < -0.39 is 12.0 Å². The summed E-state index contributed by atoms with van der Waals surface area (Å²) in [6, 6.07) is 4.12. The van der Waals surface area contributed by atoms with Gasteiger partial charge in [-0.15, -0.1) is 0 Å². The van der Waals surface area contributed by atoms with Crippen LogP contribution < -0.4 is 0 Å². The second kappa shape index (κ2) is 6.23. The van der Waals surface area contributed by atoms with Crippen LogP contribution in [0.4, 0.5) is 4.39 Å². The van der Waals surface area contributed by atoms with E-state index in [1.165, 1.54) is 15.6 Å². The van der Waals surface area contributed by atoms with Crippen LogP contribution in [0.5, 0.6) is 0 Å². The van der Waals surface area contributed by atoms with Crippen molar-refractivity contribution in [3.63, 3.8) is 0 Å². The van der Waals surface area contributed by atoms with Crippen LogP contribution in [0.15, 0.2) is 18.2 Å². The van der Waals surface area contributed by atoms with Crippen LogP contribution in [-0.2, 0) is 17.6 Å². The monoisotopic (exact) mass is 357 g/mol. The summed E-state index contributed by atoms with van der Waals surface area (Å²) in [6.07, 6.45) is 3.43. The second-order valence-electron chi connectivity index (χ2n) is 6.99. The maximum absolute atomic E-state index is 14.4. The molecule has 1 atom stereocenters. The van der Waals surface area contributed by atoms with Crippen molar-refractivity contribution in [3.05, 3.63) is 46.5 Å². The molecule has 1 aliphatic carbocycles. The Balaban J connectivity index is 1.77. The number of halogens is 1. The fourth-order valence-electron chi connectivity index (χ4n) is 3.99. The molecule has 4 rings (SSSR count). The summed E-state index contributed by atoms with van der Waals surface area (Å²) in [4.78, 5) is 25.8. The molecule has 7 heteroatoms.